The van der Waals surface area contributed by atoms with E-state index in [-0.39, 0.29) is 40.2 Å². The highest BCUT2D eigenvalue weighted by Gasteiger charge is 2.67. The van der Waals surface area contributed by atoms with Crippen LogP contribution in [0.15, 0.2) is 27.6 Å². The zero-order valence-corrected chi connectivity index (χ0v) is 24.6. The third kappa shape index (κ3) is 4.81. The van der Waals surface area contributed by atoms with Gasteiger partial charge in [0.15, 0.2) is 0 Å². The minimum Gasteiger partial charge on any atom is -0.465 e. The highest BCUT2D eigenvalue weighted by molar-refractivity contribution is 5.78. The molecular weight excluding hydrogens is 522 g/mol. The predicted octanol–water partition coefficient (Wildman–Crippen LogP) is 4.05. The Hall–Kier alpha value is -2.39. The van der Waals surface area contributed by atoms with Crippen LogP contribution in [-0.2, 0) is 4.79 Å². The van der Waals surface area contributed by atoms with Crippen molar-refractivity contribution >= 4 is 12.0 Å². The number of nitrogens with one attached hydrogen (secondary N) is 1. The lowest BCUT2D eigenvalue weighted by atomic mass is 9.43. The SMILES string of the molecule is C[C@]12CC[C@H](N(CCCN3CCNC(=O)C3)C(=O)O)C[C@H]1CC[C@@H]1[C@@H]2CC[C@]2(C)[C@@H](c3ccc(=O)oc3)CC[C@]12O. The van der Waals surface area contributed by atoms with Crippen LogP contribution in [0, 0.1) is 28.6 Å². The maximum atomic E-state index is 12.5. The molecule has 1 saturated heterocycles. The van der Waals surface area contributed by atoms with E-state index < -0.39 is 11.7 Å². The van der Waals surface area contributed by atoms with Crippen molar-refractivity contribution in [3.8, 4) is 0 Å². The summed E-state index contributed by atoms with van der Waals surface area (Å²) in [6.07, 6.45) is 10.0. The Kier molecular flexibility index (Phi) is 7.50. The number of nitrogens with zero attached hydrogens (tertiary/aromatic N) is 2. The van der Waals surface area contributed by atoms with E-state index in [9.17, 15) is 24.6 Å². The fourth-order valence-electron chi connectivity index (χ4n) is 10.4. The number of carbonyl (C=O) groups excluding carboxylic acids is 1. The van der Waals surface area contributed by atoms with Gasteiger partial charge in [-0.15, -0.1) is 0 Å². The normalized spacial score (nSPS) is 40.7. The largest absolute Gasteiger partial charge is 0.465 e. The van der Waals surface area contributed by atoms with Gasteiger partial charge in [0, 0.05) is 43.7 Å². The summed E-state index contributed by atoms with van der Waals surface area (Å²) in [6, 6.07) is 3.42. The van der Waals surface area contributed by atoms with E-state index in [1.54, 1.807) is 11.2 Å². The molecule has 5 aliphatic rings. The van der Waals surface area contributed by atoms with Crippen molar-refractivity contribution in [3.05, 3.63) is 34.4 Å². The van der Waals surface area contributed by atoms with E-state index in [4.69, 9.17) is 4.42 Å². The van der Waals surface area contributed by atoms with Gasteiger partial charge in [0.2, 0.25) is 5.91 Å². The van der Waals surface area contributed by atoms with Crippen LogP contribution in [0.5, 0.6) is 0 Å². The first-order chi connectivity index (χ1) is 19.5. The van der Waals surface area contributed by atoms with Crippen molar-refractivity contribution in [2.45, 2.75) is 95.6 Å². The van der Waals surface area contributed by atoms with Gasteiger partial charge < -0.3 is 24.8 Å². The van der Waals surface area contributed by atoms with Crippen LogP contribution in [0.4, 0.5) is 4.79 Å². The molecule has 2 amide bonds. The fraction of sp³-hybridized carbons (Fsp3) is 0.781. The van der Waals surface area contributed by atoms with Gasteiger partial charge in [-0.2, -0.15) is 0 Å². The minimum absolute atomic E-state index is 0.0346. The number of aliphatic hydroxyl groups is 1. The Labute approximate surface area is 242 Å². The van der Waals surface area contributed by atoms with Gasteiger partial charge in [0.05, 0.1) is 18.4 Å². The van der Waals surface area contributed by atoms with Crippen molar-refractivity contribution in [1.29, 1.82) is 0 Å². The van der Waals surface area contributed by atoms with Gasteiger partial charge in [-0.1, -0.05) is 13.8 Å². The van der Waals surface area contributed by atoms with Crippen molar-refractivity contribution < 1.29 is 24.2 Å². The summed E-state index contributed by atoms with van der Waals surface area (Å²) in [5.41, 5.74) is -0.183. The number of carbonyl (C=O) groups is 2. The molecule has 6 rings (SSSR count). The molecule has 0 spiro atoms. The highest BCUT2D eigenvalue weighted by atomic mass is 16.4. The van der Waals surface area contributed by atoms with Gasteiger partial charge in [0.1, 0.15) is 0 Å². The molecule has 0 unspecified atom stereocenters. The Bertz CT molecular complexity index is 1200. The first-order valence-corrected chi connectivity index (χ1v) is 15.8. The summed E-state index contributed by atoms with van der Waals surface area (Å²) >= 11 is 0. The second-order valence-electron chi connectivity index (χ2n) is 14.2. The smallest absolute Gasteiger partial charge is 0.407 e. The summed E-state index contributed by atoms with van der Waals surface area (Å²) in [5.74, 6) is 1.38. The van der Waals surface area contributed by atoms with Crippen molar-refractivity contribution in [3.63, 3.8) is 0 Å². The number of piperazine rings is 1. The Morgan fingerprint density at radius 3 is 2.66 bits per heavy atom. The van der Waals surface area contributed by atoms with Gasteiger partial charge in [0.25, 0.3) is 0 Å². The standard InChI is InChI=1S/C32H47N3O6/c1-30-11-8-23(35(29(38)39)16-3-15-34-17-14-33-27(36)19-34)18-22(30)5-6-26-25(30)9-12-31(2)24(10-13-32(26,31)40)21-4-7-28(37)41-20-21/h4,7,20,22-26,40H,3,5-6,8-19H2,1-2H3,(H,33,36)(H,38,39)/t22-,23+,24-,25+,26-,30+,31-,32+/m1/s1. The fourth-order valence-corrected chi connectivity index (χ4v) is 10.4. The number of hydrogen-bond acceptors (Lipinski definition) is 6. The summed E-state index contributed by atoms with van der Waals surface area (Å²) in [5, 5.41) is 25.5. The van der Waals surface area contributed by atoms with E-state index in [1.165, 1.54) is 6.07 Å². The summed E-state index contributed by atoms with van der Waals surface area (Å²) in [6.45, 7) is 7.81. The molecule has 1 aliphatic heterocycles. The third-order valence-corrected chi connectivity index (χ3v) is 12.6. The molecule has 8 atom stereocenters. The number of rotatable bonds is 6. The lowest BCUT2D eigenvalue weighted by Gasteiger charge is -2.64. The molecule has 0 aromatic carbocycles. The van der Waals surface area contributed by atoms with Crippen LogP contribution in [0.3, 0.4) is 0 Å². The number of hydrogen-bond donors (Lipinski definition) is 3. The van der Waals surface area contributed by atoms with Gasteiger partial charge >= 0.3 is 11.7 Å². The monoisotopic (exact) mass is 569 g/mol. The summed E-state index contributed by atoms with van der Waals surface area (Å²) in [4.78, 5) is 39.4. The third-order valence-electron chi connectivity index (χ3n) is 12.6. The average molecular weight is 570 g/mol. The quantitative estimate of drug-likeness (QED) is 0.472. The van der Waals surface area contributed by atoms with Crippen molar-refractivity contribution in [2.24, 2.45) is 28.6 Å². The van der Waals surface area contributed by atoms with Gasteiger partial charge in [-0.25, -0.2) is 9.59 Å². The van der Waals surface area contributed by atoms with E-state index >= 15 is 0 Å². The molecule has 4 saturated carbocycles. The molecule has 41 heavy (non-hydrogen) atoms. The zero-order valence-electron chi connectivity index (χ0n) is 24.6. The maximum absolute atomic E-state index is 12.5. The van der Waals surface area contributed by atoms with Crippen LogP contribution in [0.2, 0.25) is 0 Å². The molecule has 1 aromatic rings. The molecule has 4 aliphatic carbocycles. The molecule has 1 aromatic heterocycles. The highest BCUT2D eigenvalue weighted by Crippen LogP contribution is 2.70. The first-order valence-electron chi connectivity index (χ1n) is 15.8. The number of carboxylic acid groups (broad SMARTS) is 1. The molecule has 0 radical (unpaired) electrons. The van der Waals surface area contributed by atoms with Crippen LogP contribution in [0.1, 0.15) is 89.5 Å². The molecule has 226 valence electrons. The molecule has 9 heteroatoms. The topological polar surface area (TPSA) is 123 Å². The predicted molar refractivity (Wildman–Crippen MR) is 153 cm³/mol. The Morgan fingerprint density at radius 1 is 1.10 bits per heavy atom. The van der Waals surface area contributed by atoms with Crippen molar-refractivity contribution in [2.75, 3.05) is 32.7 Å². The first kappa shape index (κ1) is 28.7. The molecule has 3 N–H and O–H groups in total. The summed E-state index contributed by atoms with van der Waals surface area (Å²) in [7, 11) is 0. The second-order valence-corrected chi connectivity index (χ2v) is 14.2. The van der Waals surface area contributed by atoms with Crippen molar-refractivity contribution in [1.82, 2.24) is 15.1 Å². The number of amides is 2. The molecular formula is C32H47N3O6. The lowest BCUT2D eigenvalue weighted by molar-refractivity contribution is -0.203. The van der Waals surface area contributed by atoms with E-state index in [0.29, 0.717) is 31.5 Å². The molecule has 0 bridgehead atoms. The zero-order chi connectivity index (χ0) is 29.0. The van der Waals surface area contributed by atoms with Crippen LogP contribution in [0.25, 0.3) is 0 Å². The van der Waals surface area contributed by atoms with E-state index in [2.05, 4.69) is 24.1 Å². The summed E-state index contributed by atoms with van der Waals surface area (Å²) < 4.78 is 5.23. The minimum atomic E-state index is -0.833. The molecule has 5 fully saturated rings. The van der Waals surface area contributed by atoms with E-state index in [1.807, 2.05) is 6.07 Å². The van der Waals surface area contributed by atoms with Crippen LogP contribution < -0.4 is 10.9 Å². The van der Waals surface area contributed by atoms with Crippen LogP contribution in [-0.4, -0.2) is 76.4 Å². The second kappa shape index (κ2) is 10.7. The van der Waals surface area contributed by atoms with Crippen LogP contribution >= 0.6 is 0 Å². The Balaban J connectivity index is 1.13. The lowest BCUT2D eigenvalue weighted by Crippen LogP contribution is -2.62. The van der Waals surface area contributed by atoms with Gasteiger partial charge in [-0.05, 0) is 105 Å². The number of fused-ring (bicyclic) bond motifs is 5. The van der Waals surface area contributed by atoms with Gasteiger partial charge in [-0.3, -0.25) is 9.69 Å². The molecule has 2 heterocycles. The average Bonchev–Trinajstić information content (AvgIpc) is 3.22. The van der Waals surface area contributed by atoms with E-state index in [0.717, 1.165) is 82.9 Å². The Morgan fingerprint density at radius 2 is 1.93 bits per heavy atom. The molecule has 9 nitrogen and oxygen atoms in total. The maximum Gasteiger partial charge on any atom is 0.407 e.